The summed E-state index contributed by atoms with van der Waals surface area (Å²) in [5.41, 5.74) is 5.39. The Hall–Kier alpha value is -0.840. The highest BCUT2D eigenvalue weighted by atomic mass is 16.5. The van der Waals surface area contributed by atoms with Crippen LogP contribution in [0.5, 0.6) is 0 Å². The quantitative estimate of drug-likeness (QED) is 0.809. The molecule has 4 heteroatoms. The lowest BCUT2D eigenvalue weighted by Gasteiger charge is -2.29. The topological polar surface area (TPSA) is 68.6 Å². The minimum atomic E-state index is -0.666. The molecule has 1 aliphatic heterocycles. The summed E-state index contributed by atoms with van der Waals surface area (Å²) in [5, 5.41) is 10.3. The number of aliphatic hydroxyl groups excluding tert-OH is 1. The number of aliphatic hydroxyl groups is 1. The number of rotatable bonds is 4. The molecule has 0 bridgehead atoms. The van der Waals surface area contributed by atoms with E-state index in [9.17, 15) is 5.11 Å². The second-order valence-electron chi connectivity index (χ2n) is 4.43. The van der Waals surface area contributed by atoms with Gasteiger partial charge in [-0.15, -0.1) is 0 Å². The minimum absolute atomic E-state index is 0.372. The van der Waals surface area contributed by atoms with Crippen LogP contribution in [0.15, 0.2) is 16.5 Å². The van der Waals surface area contributed by atoms with Crippen LogP contribution >= 0.6 is 0 Å². The fourth-order valence-electron chi connectivity index (χ4n) is 2.14. The fraction of sp³-hybridized carbons (Fsp3) is 0.667. The van der Waals surface area contributed by atoms with Crippen molar-refractivity contribution in [1.29, 1.82) is 0 Å². The van der Waals surface area contributed by atoms with Crippen LogP contribution in [0.25, 0.3) is 0 Å². The van der Waals surface area contributed by atoms with Crippen molar-refractivity contribution in [2.75, 3.05) is 19.8 Å². The van der Waals surface area contributed by atoms with Gasteiger partial charge in [0.2, 0.25) is 0 Å². The Morgan fingerprint density at radius 2 is 2.38 bits per heavy atom. The second-order valence-corrected chi connectivity index (χ2v) is 4.43. The van der Waals surface area contributed by atoms with Crippen LogP contribution in [0.4, 0.5) is 0 Å². The highest BCUT2D eigenvalue weighted by molar-refractivity contribution is 5.13. The molecule has 90 valence electrons. The van der Waals surface area contributed by atoms with Gasteiger partial charge in [-0.3, -0.25) is 0 Å². The van der Waals surface area contributed by atoms with E-state index in [2.05, 4.69) is 0 Å². The Balaban J connectivity index is 2.19. The molecule has 1 aromatic heterocycles. The average molecular weight is 225 g/mol. The lowest BCUT2D eigenvalue weighted by Crippen LogP contribution is -2.37. The largest absolute Gasteiger partial charge is 0.463 e. The van der Waals surface area contributed by atoms with E-state index in [0.717, 1.165) is 18.6 Å². The zero-order valence-electron chi connectivity index (χ0n) is 9.61. The Bertz CT molecular complexity index is 342. The van der Waals surface area contributed by atoms with E-state index in [1.54, 1.807) is 0 Å². The van der Waals surface area contributed by atoms with Crippen LogP contribution in [0.2, 0.25) is 0 Å². The SMILES string of the molecule is CCc1ccc(C(O)C2(CN)CCOC2)o1. The molecule has 1 aliphatic rings. The fourth-order valence-corrected chi connectivity index (χ4v) is 2.14. The highest BCUT2D eigenvalue weighted by Crippen LogP contribution is 2.40. The first kappa shape index (κ1) is 11.6. The van der Waals surface area contributed by atoms with E-state index in [1.807, 2.05) is 19.1 Å². The van der Waals surface area contributed by atoms with Gasteiger partial charge in [-0.2, -0.15) is 0 Å². The predicted molar refractivity (Wildman–Crippen MR) is 60.0 cm³/mol. The third-order valence-corrected chi connectivity index (χ3v) is 3.42. The summed E-state index contributed by atoms with van der Waals surface area (Å²) in [6, 6.07) is 3.73. The number of hydrogen-bond acceptors (Lipinski definition) is 4. The van der Waals surface area contributed by atoms with E-state index >= 15 is 0 Å². The minimum Gasteiger partial charge on any atom is -0.463 e. The zero-order chi connectivity index (χ0) is 11.6. The molecule has 0 amide bonds. The maximum atomic E-state index is 10.3. The first-order valence-corrected chi connectivity index (χ1v) is 5.76. The standard InChI is InChI=1S/C12H19NO3/c1-2-9-3-4-10(16-9)11(14)12(7-13)5-6-15-8-12/h3-4,11,14H,2,5-8,13H2,1H3. The molecule has 2 rings (SSSR count). The van der Waals surface area contributed by atoms with Gasteiger partial charge in [0.15, 0.2) is 0 Å². The van der Waals surface area contributed by atoms with Crippen molar-refractivity contribution in [2.24, 2.45) is 11.1 Å². The molecule has 0 spiro atoms. The molecule has 0 aromatic carbocycles. The van der Waals surface area contributed by atoms with Crippen molar-refractivity contribution >= 4 is 0 Å². The molecule has 3 N–H and O–H groups in total. The van der Waals surface area contributed by atoms with Crippen molar-refractivity contribution in [1.82, 2.24) is 0 Å². The van der Waals surface area contributed by atoms with Gasteiger partial charge in [0.1, 0.15) is 17.6 Å². The predicted octanol–water partition coefficient (Wildman–Crippen LogP) is 1.24. The molecule has 0 aliphatic carbocycles. The first-order chi connectivity index (χ1) is 7.72. The molecule has 1 aromatic rings. The van der Waals surface area contributed by atoms with Gasteiger partial charge in [-0.05, 0) is 18.6 Å². The van der Waals surface area contributed by atoms with Crippen LogP contribution in [0.3, 0.4) is 0 Å². The van der Waals surface area contributed by atoms with Gasteiger partial charge in [-0.25, -0.2) is 0 Å². The van der Waals surface area contributed by atoms with Gasteiger partial charge in [0.05, 0.1) is 6.61 Å². The van der Waals surface area contributed by atoms with Crippen molar-refractivity contribution < 1.29 is 14.3 Å². The number of hydrogen-bond donors (Lipinski definition) is 2. The molecule has 16 heavy (non-hydrogen) atoms. The van der Waals surface area contributed by atoms with Crippen LogP contribution < -0.4 is 5.73 Å². The summed E-state index contributed by atoms with van der Waals surface area (Å²) in [6.07, 6.45) is 0.950. The van der Waals surface area contributed by atoms with Gasteiger partial charge < -0.3 is 20.0 Å². The van der Waals surface area contributed by atoms with E-state index in [0.29, 0.717) is 25.5 Å². The summed E-state index contributed by atoms with van der Waals surface area (Å²) >= 11 is 0. The molecular formula is C12H19NO3. The van der Waals surface area contributed by atoms with Crippen LogP contribution in [0, 0.1) is 5.41 Å². The van der Waals surface area contributed by atoms with Gasteiger partial charge in [-0.1, -0.05) is 6.92 Å². The van der Waals surface area contributed by atoms with Gasteiger partial charge in [0.25, 0.3) is 0 Å². The second kappa shape index (κ2) is 4.57. The first-order valence-electron chi connectivity index (χ1n) is 5.76. The van der Waals surface area contributed by atoms with Crippen molar-refractivity contribution in [3.8, 4) is 0 Å². The van der Waals surface area contributed by atoms with E-state index in [-0.39, 0.29) is 5.41 Å². The van der Waals surface area contributed by atoms with E-state index < -0.39 is 6.10 Å². The Morgan fingerprint density at radius 3 is 2.88 bits per heavy atom. The molecule has 2 heterocycles. The smallest absolute Gasteiger partial charge is 0.133 e. The Kier molecular flexibility index (Phi) is 3.33. The molecule has 2 atom stereocenters. The van der Waals surface area contributed by atoms with Crippen molar-refractivity contribution in [3.63, 3.8) is 0 Å². The molecular weight excluding hydrogens is 206 g/mol. The molecule has 1 saturated heterocycles. The summed E-state index contributed by atoms with van der Waals surface area (Å²) in [6.45, 7) is 3.60. The number of aryl methyl sites for hydroxylation is 1. The summed E-state index contributed by atoms with van der Waals surface area (Å²) in [4.78, 5) is 0. The molecule has 2 unspecified atom stereocenters. The van der Waals surface area contributed by atoms with Crippen LogP contribution in [0.1, 0.15) is 31.0 Å². The molecule has 0 radical (unpaired) electrons. The third kappa shape index (κ3) is 1.88. The third-order valence-electron chi connectivity index (χ3n) is 3.42. The lowest BCUT2D eigenvalue weighted by molar-refractivity contribution is 0.00417. The Morgan fingerprint density at radius 1 is 1.56 bits per heavy atom. The summed E-state index contributed by atoms with van der Waals surface area (Å²) in [5.74, 6) is 1.49. The maximum Gasteiger partial charge on any atom is 0.133 e. The highest BCUT2D eigenvalue weighted by Gasteiger charge is 2.42. The summed E-state index contributed by atoms with van der Waals surface area (Å²) in [7, 11) is 0. The lowest BCUT2D eigenvalue weighted by atomic mass is 9.80. The van der Waals surface area contributed by atoms with Gasteiger partial charge in [0, 0.05) is 25.0 Å². The van der Waals surface area contributed by atoms with Crippen LogP contribution in [-0.2, 0) is 11.2 Å². The van der Waals surface area contributed by atoms with Crippen LogP contribution in [-0.4, -0.2) is 24.9 Å². The summed E-state index contributed by atoms with van der Waals surface area (Å²) < 4.78 is 10.9. The average Bonchev–Trinajstić information content (AvgIpc) is 2.98. The molecule has 4 nitrogen and oxygen atoms in total. The number of nitrogens with two attached hydrogens (primary N) is 1. The Labute approximate surface area is 95.4 Å². The number of ether oxygens (including phenoxy) is 1. The normalized spacial score (nSPS) is 27.2. The van der Waals surface area contributed by atoms with Crippen molar-refractivity contribution in [3.05, 3.63) is 23.7 Å². The monoisotopic (exact) mass is 225 g/mol. The van der Waals surface area contributed by atoms with E-state index in [4.69, 9.17) is 14.9 Å². The zero-order valence-corrected chi connectivity index (χ0v) is 9.61. The molecule has 0 saturated carbocycles. The van der Waals surface area contributed by atoms with Crippen molar-refractivity contribution in [2.45, 2.75) is 25.9 Å². The van der Waals surface area contributed by atoms with Gasteiger partial charge >= 0.3 is 0 Å². The van der Waals surface area contributed by atoms with E-state index in [1.165, 1.54) is 0 Å². The number of furan rings is 1. The molecule has 1 fully saturated rings. The maximum absolute atomic E-state index is 10.3.